The molecule has 9 heteroatoms. The third-order valence-electron chi connectivity index (χ3n) is 2.28. The molecule has 1 aromatic rings. The van der Waals surface area contributed by atoms with Crippen molar-refractivity contribution in [2.75, 3.05) is 6.61 Å². The summed E-state index contributed by atoms with van der Waals surface area (Å²) in [5, 5.41) is 8.47. The van der Waals surface area contributed by atoms with Gasteiger partial charge in [0.05, 0.1) is 6.61 Å². The first kappa shape index (κ1) is 17.2. The zero-order valence-electron chi connectivity index (χ0n) is 10.5. The minimum atomic E-state index is -5.59. The molecule has 0 aliphatic carbocycles. The highest BCUT2D eigenvalue weighted by Gasteiger charge is 2.47. The van der Waals surface area contributed by atoms with Gasteiger partial charge in [0.25, 0.3) is 0 Å². The van der Waals surface area contributed by atoms with Gasteiger partial charge in [0.15, 0.2) is 0 Å². The van der Waals surface area contributed by atoms with E-state index in [9.17, 15) is 26.4 Å². The first-order valence-electron chi connectivity index (χ1n) is 5.57. The van der Waals surface area contributed by atoms with Gasteiger partial charge in [0, 0.05) is 6.08 Å². The van der Waals surface area contributed by atoms with Gasteiger partial charge in [-0.1, -0.05) is 24.3 Å². The number of carbonyl (C=O) groups is 1. The quantitative estimate of drug-likeness (QED) is 0.493. The summed E-state index contributed by atoms with van der Waals surface area (Å²) < 4.78 is 61.3. The van der Waals surface area contributed by atoms with Crippen LogP contribution in [0.3, 0.4) is 0 Å². The molecule has 0 saturated heterocycles. The van der Waals surface area contributed by atoms with E-state index in [1.165, 1.54) is 12.1 Å². The molecule has 0 aliphatic heterocycles. The van der Waals surface area contributed by atoms with Crippen LogP contribution in [0.5, 0.6) is 0 Å². The Morgan fingerprint density at radius 3 is 2.57 bits per heavy atom. The van der Waals surface area contributed by atoms with Crippen LogP contribution in [0.1, 0.15) is 11.1 Å². The first-order valence-corrected chi connectivity index (χ1v) is 6.98. The average molecular weight is 324 g/mol. The lowest BCUT2D eigenvalue weighted by atomic mass is 10.1. The molecular weight excluding hydrogens is 313 g/mol. The van der Waals surface area contributed by atoms with Crippen LogP contribution in [0.15, 0.2) is 30.3 Å². The van der Waals surface area contributed by atoms with Crippen LogP contribution >= 0.6 is 0 Å². The summed E-state index contributed by atoms with van der Waals surface area (Å²) in [6, 6.07) is 6.23. The molecule has 0 atom stereocenters. The Morgan fingerprint density at radius 1 is 1.33 bits per heavy atom. The Kier molecular flexibility index (Phi) is 5.50. The molecule has 0 bridgehead atoms. The lowest BCUT2D eigenvalue weighted by Crippen LogP contribution is -2.26. The fraction of sp³-hybridized carbons (Fsp3) is 0.250. The summed E-state index contributed by atoms with van der Waals surface area (Å²) in [7, 11) is -5.59. The van der Waals surface area contributed by atoms with Crippen LogP contribution < -0.4 is 0 Å². The summed E-state index contributed by atoms with van der Waals surface area (Å²) >= 11 is 0. The molecule has 0 fully saturated rings. The smallest absolute Gasteiger partial charge is 0.478 e. The topological polar surface area (TPSA) is 80.7 Å². The summed E-state index contributed by atoms with van der Waals surface area (Å²) in [5.41, 5.74) is -4.41. The minimum Gasteiger partial charge on any atom is -0.478 e. The van der Waals surface area contributed by atoms with E-state index in [1.807, 2.05) is 0 Å². The van der Waals surface area contributed by atoms with Gasteiger partial charge >= 0.3 is 21.6 Å². The molecule has 0 radical (unpaired) electrons. The maximum atomic E-state index is 12.0. The van der Waals surface area contributed by atoms with Gasteiger partial charge in [0.1, 0.15) is 0 Å². The Balaban J connectivity index is 2.65. The minimum absolute atomic E-state index is 0.0654. The molecule has 0 aromatic heterocycles. The number of carboxylic acids is 1. The van der Waals surface area contributed by atoms with Crippen molar-refractivity contribution in [2.45, 2.75) is 11.9 Å². The molecule has 21 heavy (non-hydrogen) atoms. The Bertz CT molecular complexity index is 635. The number of halogens is 3. The second-order valence-electron chi connectivity index (χ2n) is 3.89. The number of rotatable bonds is 6. The summed E-state index contributed by atoms with van der Waals surface area (Å²) in [4.78, 5) is 10.4. The maximum absolute atomic E-state index is 12.0. The predicted octanol–water partition coefficient (Wildman–Crippen LogP) is 2.19. The van der Waals surface area contributed by atoms with Crippen molar-refractivity contribution in [3.63, 3.8) is 0 Å². The van der Waals surface area contributed by atoms with Crippen LogP contribution in [0.4, 0.5) is 13.2 Å². The monoisotopic (exact) mass is 324 g/mol. The van der Waals surface area contributed by atoms with Crippen molar-refractivity contribution in [2.24, 2.45) is 0 Å². The molecule has 0 spiro atoms. The van der Waals surface area contributed by atoms with Gasteiger partial charge in [0.2, 0.25) is 0 Å². The number of alkyl halides is 3. The second-order valence-corrected chi connectivity index (χ2v) is 5.50. The van der Waals surface area contributed by atoms with Crippen LogP contribution in [0.2, 0.25) is 0 Å². The Labute approximate surface area is 118 Å². The molecule has 1 aromatic carbocycles. The second kappa shape index (κ2) is 6.72. The lowest BCUT2D eigenvalue weighted by molar-refractivity contribution is -0.131. The number of carboxylic acid groups (broad SMARTS) is 1. The van der Waals surface area contributed by atoms with Crippen molar-refractivity contribution < 1.29 is 35.7 Å². The zero-order chi connectivity index (χ0) is 16.1. The fourth-order valence-corrected chi connectivity index (χ4v) is 1.79. The zero-order valence-corrected chi connectivity index (χ0v) is 11.3. The third kappa shape index (κ3) is 5.56. The van der Waals surface area contributed by atoms with Gasteiger partial charge in [-0.15, -0.1) is 0 Å². The van der Waals surface area contributed by atoms with E-state index < -0.39 is 28.2 Å². The van der Waals surface area contributed by atoms with E-state index >= 15 is 0 Å². The molecule has 1 N–H and O–H groups in total. The largest absolute Gasteiger partial charge is 0.523 e. The molecule has 1 rings (SSSR count). The van der Waals surface area contributed by atoms with Gasteiger partial charge in [-0.3, -0.25) is 4.18 Å². The van der Waals surface area contributed by atoms with E-state index in [0.717, 1.165) is 6.08 Å². The van der Waals surface area contributed by atoms with Gasteiger partial charge in [-0.25, -0.2) is 4.79 Å². The van der Waals surface area contributed by atoms with Crippen molar-refractivity contribution in [1.82, 2.24) is 0 Å². The summed E-state index contributed by atoms with van der Waals surface area (Å²) in [5.74, 6) is -1.14. The van der Waals surface area contributed by atoms with Crippen LogP contribution in [-0.2, 0) is 25.5 Å². The predicted molar refractivity (Wildman–Crippen MR) is 67.7 cm³/mol. The maximum Gasteiger partial charge on any atom is 0.523 e. The van der Waals surface area contributed by atoms with Crippen molar-refractivity contribution in [3.8, 4) is 0 Å². The number of aliphatic carboxylic acids is 1. The SMILES string of the molecule is O=C(O)/C=C/c1cccc(CCOS(=O)(=O)C(F)(F)F)c1. The summed E-state index contributed by atoms with van der Waals surface area (Å²) in [6.07, 6.45) is 2.15. The van der Waals surface area contributed by atoms with Gasteiger partial charge in [-0.05, 0) is 23.6 Å². The third-order valence-corrected chi connectivity index (χ3v) is 3.33. The molecule has 0 amide bonds. The molecule has 0 unspecified atom stereocenters. The number of benzene rings is 1. The molecule has 0 saturated carbocycles. The Morgan fingerprint density at radius 2 is 2.00 bits per heavy atom. The van der Waals surface area contributed by atoms with E-state index in [-0.39, 0.29) is 6.42 Å². The fourth-order valence-electron chi connectivity index (χ4n) is 1.36. The molecule has 0 heterocycles. The molecule has 5 nitrogen and oxygen atoms in total. The van der Waals surface area contributed by atoms with E-state index in [1.54, 1.807) is 18.2 Å². The van der Waals surface area contributed by atoms with Crippen molar-refractivity contribution in [1.29, 1.82) is 0 Å². The van der Waals surface area contributed by atoms with E-state index in [4.69, 9.17) is 5.11 Å². The highest BCUT2D eigenvalue weighted by molar-refractivity contribution is 7.87. The van der Waals surface area contributed by atoms with Crippen LogP contribution in [0, 0.1) is 0 Å². The number of hydrogen-bond donors (Lipinski definition) is 1. The molecule has 0 aliphatic rings. The van der Waals surface area contributed by atoms with Crippen LogP contribution in [0.25, 0.3) is 6.08 Å². The van der Waals surface area contributed by atoms with Crippen molar-refractivity contribution >= 4 is 22.2 Å². The first-order chi connectivity index (χ1) is 9.62. The highest BCUT2D eigenvalue weighted by Crippen LogP contribution is 2.24. The lowest BCUT2D eigenvalue weighted by Gasteiger charge is -2.08. The molecule has 116 valence electrons. The summed E-state index contributed by atoms with van der Waals surface area (Å²) in [6.45, 7) is -0.659. The highest BCUT2D eigenvalue weighted by atomic mass is 32.2. The number of hydrogen-bond acceptors (Lipinski definition) is 4. The van der Waals surface area contributed by atoms with Crippen LogP contribution in [-0.4, -0.2) is 31.6 Å². The van der Waals surface area contributed by atoms with Crippen molar-refractivity contribution in [3.05, 3.63) is 41.5 Å². The standard InChI is InChI=1S/C12H11F3O5S/c13-12(14,15)21(18,19)20-7-6-10-3-1-2-9(8-10)4-5-11(16)17/h1-5,8H,6-7H2,(H,16,17)/b5-4+. The Hall–Kier alpha value is -1.87. The van der Waals surface area contributed by atoms with Gasteiger partial charge < -0.3 is 5.11 Å². The van der Waals surface area contributed by atoms with Gasteiger partial charge in [-0.2, -0.15) is 21.6 Å². The van der Waals surface area contributed by atoms with E-state index in [0.29, 0.717) is 11.1 Å². The average Bonchev–Trinajstić information content (AvgIpc) is 2.35. The molecular formula is C12H11F3O5S. The normalized spacial score (nSPS) is 12.7. The van der Waals surface area contributed by atoms with E-state index in [2.05, 4.69) is 4.18 Å².